The van der Waals surface area contributed by atoms with E-state index in [2.05, 4.69) is 20.6 Å². The van der Waals surface area contributed by atoms with Crippen molar-refractivity contribution < 1.29 is 14.6 Å². The number of carboxylic acid groups (broad SMARTS) is 1. The maximum atomic E-state index is 10.8. The number of pyridine rings is 2. The van der Waals surface area contributed by atoms with Crippen molar-refractivity contribution in [3.8, 4) is 11.9 Å². The van der Waals surface area contributed by atoms with E-state index in [1.165, 1.54) is 0 Å². The van der Waals surface area contributed by atoms with Gasteiger partial charge in [0.2, 0.25) is 5.88 Å². The molecule has 8 nitrogen and oxygen atoms in total. The molecule has 1 aliphatic carbocycles. The number of hydrogen-bond acceptors (Lipinski definition) is 6. The minimum Gasteiger partial charge on any atom is -0.474 e. The topological polar surface area (TPSA) is 120 Å². The Hall–Kier alpha value is -3.08. The van der Waals surface area contributed by atoms with E-state index in [0.717, 1.165) is 23.6 Å². The maximum absolute atomic E-state index is 10.8. The zero-order chi connectivity index (χ0) is 18.7. The summed E-state index contributed by atoms with van der Waals surface area (Å²) < 4.78 is 5.76. The summed E-state index contributed by atoms with van der Waals surface area (Å²) in [7, 11) is 0. The highest BCUT2D eigenvalue weighted by Gasteiger charge is 2.26. The largest absolute Gasteiger partial charge is 0.474 e. The number of rotatable bonds is 5. The number of aromatic nitrogens is 2. The van der Waals surface area contributed by atoms with Crippen molar-refractivity contribution in [2.75, 3.05) is 5.32 Å². The summed E-state index contributed by atoms with van der Waals surface area (Å²) >= 11 is 0. The van der Waals surface area contributed by atoms with Gasteiger partial charge >= 0.3 is 6.09 Å². The van der Waals surface area contributed by atoms with Gasteiger partial charge in [-0.25, -0.2) is 14.8 Å². The number of fused-ring (bicyclic) bond motifs is 1. The van der Waals surface area contributed by atoms with E-state index < -0.39 is 6.09 Å². The summed E-state index contributed by atoms with van der Waals surface area (Å²) in [6, 6.07) is 5.69. The Morgan fingerprint density at radius 2 is 2.15 bits per heavy atom. The van der Waals surface area contributed by atoms with Crippen molar-refractivity contribution in [1.82, 2.24) is 15.3 Å². The van der Waals surface area contributed by atoms with Gasteiger partial charge in [0, 0.05) is 29.1 Å². The van der Waals surface area contributed by atoms with Crippen LogP contribution >= 0.6 is 0 Å². The van der Waals surface area contributed by atoms with Gasteiger partial charge in [-0.1, -0.05) is 0 Å². The maximum Gasteiger partial charge on any atom is 0.404 e. The van der Waals surface area contributed by atoms with Crippen molar-refractivity contribution in [2.45, 2.75) is 51.3 Å². The molecule has 1 aliphatic rings. The molecule has 136 valence electrons. The zero-order valence-electron chi connectivity index (χ0n) is 14.7. The average molecular weight is 355 g/mol. The average Bonchev–Trinajstić information content (AvgIpc) is 3.00. The molecule has 3 rings (SSSR count). The van der Waals surface area contributed by atoms with Crippen LogP contribution in [0.1, 0.15) is 38.8 Å². The molecule has 0 aromatic carbocycles. The van der Waals surface area contributed by atoms with E-state index in [1.54, 1.807) is 12.3 Å². The van der Waals surface area contributed by atoms with Crippen molar-refractivity contribution in [3.63, 3.8) is 0 Å². The van der Waals surface area contributed by atoms with Crippen LogP contribution in [0.5, 0.6) is 5.88 Å². The Kier molecular flexibility index (Phi) is 5.07. The SMILES string of the molecule is CC(C)Oc1nc(C#N)cc2cnc(N[C@H]3CC[C@H](NC(=O)O)C3)cc12. The molecule has 2 heterocycles. The first-order valence-electron chi connectivity index (χ1n) is 8.58. The smallest absolute Gasteiger partial charge is 0.404 e. The van der Waals surface area contributed by atoms with Crippen molar-refractivity contribution >= 4 is 22.7 Å². The second-order valence-corrected chi connectivity index (χ2v) is 6.68. The van der Waals surface area contributed by atoms with Crippen LogP contribution in [0.3, 0.4) is 0 Å². The van der Waals surface area contributed by atoms with Crippen LogP contribution in [0.4, 0.5) is 10.6 Å². The molecule has 3 N–H and O–H groups in total. The van der Waals surface area contributed by atoms with E-state index in [-0.39, 0.29) is 23.9 Å². The fourth-order valence-electron chi connectivity index (χ4n) is 3.19. The molecule has 0 aliphatic heterocycles. The van der Waals surface area contributed by atoms with Gasteiger partial charge < -0.3 is 20.5 Å². The fraction of sp³-hybridized carbons (Fsp3) is 0.444. The van der Waals surface area contributed by atoms with Crippen LogP contribution in [-0.2, 0) is 0 Å². The molecule has 1 saturated carbocycles. The molecular formula is C18H21N5O3. The lowest BCUT2D eigenvalue weighted by atomic mass is 10.2. The highest BCUT2D eigenvalue weighted by Crippen LogP contribution is 2.29. The molecule has 0 spiro atoms. The minimum absolute atomic E-state index is 0.0369. The Balaban J connectivity index is 1.82. The van der Waals surface area contributed by atoms with E-state index in [4.69, 9.17) is 15.1 Å². The summed E-state index contributed by atoms with van der Waals surface area (Å²) in [6.45, 7) is 3.81. The minimum atomic E-state index is -0.991. The number of amides is 1. The molecule has 8 heteroatoms. The first-order chi connectivity index (χ1) is 12.4. The first-order valence-corrected chi connectivity index (χ1v) is 8.58. The highest BCUT2D eigenvalue weighted by molar-refractivity contribution is 5.89. The van der Waals surface area contributed by atoms with E-state index in [1.807, 2.05) is 26.0 Å². The van der Waals surface area contributed by atoms with Crippen molar-refractivity contribution in [3.05, 3.63) is 24.0 Å². The number of nitrogens with zero attached hydrogens (tertiary/aromatic N) is 3. The Morgan fingerprint density at radius 3 is 2.85 bits per heavy atom. The van der Waals surface area contributed by atoms with E-state index in [9.17, 15) is 4.79 Å². The number of anilines is 1. The van der Waals surface area contributed by atoms with Gasteiger partial charge in [0.05, 0.1) is 6.10 Å². The third-order valence-electron chi connectivity index (χ3n) is 4.25. The molecule has 0 unspecified atom stereocenters. The normalized spacial score (nSPS) is 19.3. The van der Waals surface area contributed by atoms with Gasteiger partial charge in [0.15, 0.2) is 0 Å². The van der Waals surface area contributed by atoms with Gasteiger partial charge in [0.25, 0.3) is 0 Å². The quantitative estimate of drug-likeness (QED) is 0.754. The van der Waals surface area contributed by atoms with Crippen molar-refractivity contribution in [2.24, 2.45) is 0 Å². The monoisotopic (exact) mass is 355 g/mol. The number of carbonyl (C=O) groups is 1. The lowest BCUT2D eigenvalue weighted by molar-refractivity contribution is 0.190. The number of nitrogens with one attached hydrogen (secondary N) is 2. The molecule has 0 saturated heterocycles. The summed E-state index contributed by atoms with van der Waals surface area (Å²) in [4.78, 5) is 19.4. The van der Waals surface area contributed by atoms with Gasteiger partial charge in [-0.3, -0.25) is 0 Å². The van der Waals surface area contributed by atoms with Gasteiger partial charge in [-0.15, -0.1) is 0 Å². The number of nitriles is 1. The number of ether oxygens (including phenoxy) is 1. The molecule has 26 heavy (non-hydrogen) atoms. The predicted molar refractivity (Wildman–Crippen MR) is 96.2 cm³/mol. The van der Waals surface area contributed by atoms with Crippen LogP contribution in [0.25, 0.3) is 10.8 Å². The lowest BCUT2D eigenvalue weighted by Crippen LogP contribution is -2.32. The lowest BCUT2D eigenvalue weighted by Gasteiger charge is -2.16. The summed E-state index contributed by atoms with van der Waals surface area (Å²) in [5.41, 5.74) is 0.286. The molecule has 1 amide bonds. The highest BCUT2D eigenvalue weighted by atomic mass is 16.5. The fourth-order valence-corrected chi connectivity index (χ4v) is 3.19. The van der Waals surface area contributed by atoms with E-state index >= 15 is 0 Å². The first kappa shape index (κ1) is 17.7. The summed E-state index contributed by atoms with van der Waals surface area (Å²) in [6.07, 6.45) is 3.01. The van der Waals surface area contributed by atoms with Crippen LogP contribution < -0.4 is 15.4 Å². The van der Waals surface area contributed by atoms with E-state index in [0.29, 0.717) is 18.1 Å². The standard InChI is InChI=1S/C18H21N5O3/c1-10(2)26-17-15-7-16(20-9-11(15)5-14(8-19)22-17)21-12-3-4-13(6-12)23-18(24)25/h5,7,9-10,12-13,23H,3-4,6H2,1-2H3,(H,20,21)(H,24,25)/t12-,13-/m0/s1. The zero-order valence-corrected chi connectivity index (χ0v) is 14.7. The van der Waals surface area contributed by atoms with Gasteiger partial charge in [0.1, 0.15) is 17.6 Å². The molecule has 1 fully saturated rings. The second-order valence-electron chi connectivity index (χ2n) is 6.68. The third kappa shape index (κ3) is 4.11. The Morgan fingerprint density at radius 1 is 1.38 bits per heavy atom. The molecule has 2 aromatic heterocycles. The Labute approximate surface area is 151 Å². The molecular weight excluding hydrogens is 334 g/mol. The van der Waals surface area contributed by atoms with Crippen molar-refractivity contribution in [1.29, 1.82) is 5.26 Å². The molecule has 0 radical (unpaired) electrons. The second kappa shape index (κ2) is 7.44. The number of hydrogen-bond donors (Lipinski definition) is 3. The summed E-state index contributed by atoms with van der Waals surface area (Å²) in [5, 5.41) is 25.4. The summed E-state index contributed by atoms with van der Waals surface area (Å²) in [5.74, 6) is 1.09. The molecule has 0 bridgehead atoms. The Bertz CT molecular complexity index is 862. The van der Waals surface area contributed by atoms with Crippen LogP contribution in [-0.4, -0.2) is 39.4 Å². The van der Waals surface area contributed by atoms with Gasteiger partial charge in [-0.05, 0) is 45.2 Å². The third-order valence-corrected chi connectivity index (χ3v) is 4.25. The van der Waals surface area contributed by atoms with Crippen LogP contribution in [0.15, 0.2) is 18.3 Å². The molecule has 2 atom stereocenters. The van der Waals surface area contributed by atoms with Crippen LogP contribution in [0, 0.1) is 11.3 Å². The van der Waals surface area contributed by atoms with Gasteiger partial charge in [-0.2, -0.15) is 5.26 Å². The van der Waals surface area contributed by atoms with Crippen LogP contribution in [0.2, 0.25) is 0 Å². The molecule has 2 aromatic rings. The predicted octanol–water partition coefficient (Wildman–Crippen LogP) is 2.89.